The molecule has 0 unspecified atom stereocenters. The molecule has 3 saturated heterocycles. The van der Waals surface area contributed by atoms with Gasteiger partial charge in [0.05, 0.1) is 11.9 Å². The lowest BCUT2D eigenvalue weighted by atomic mass is 9.89. The Labute approximate surface area is 275 Å². The molecule has 46 heavy (non-hydrogen) atoms. The Morgan fingerprint density at radius 1 is 0.870 bits per heavy atom. The van der Waals surface area contributed by atoms with Gasteiger partial charge in [-0.25, -0.2) is 13.1 Å². The van der Waals surface area contributed by atoms with Crippen LogP contribution in [0.25, 0.3) is 10.9 Å². The number of fused-ring (bicyclic) bond motifs is 3. The first kappa shape index (κ1) is 32.9. The summed E-state index contributed by atoms with van der Waals surface area (Å²) in [7, 11) is 2.76. The maximum absolute atomic E-state index is 11.6. The Hall–Kier alpha value is -3.01. The number of rotatable bonds is 9. The maximum atomic E-state index is 11.6. The van der Waals surface area contributed by atoms with Gasteiger partial charge in [0.15, 0.2) is 0 Å². The molecule has 4 heterocycles. The van der Waals surface area contributed by atoms with Crippen LogP contribution in [0.4, 0.5) is 0 Å². The number of nitrogens with zero attached hydrogens (tertiary/aromatic N) is 2. The molecule has 0 radical (unpaired) electrons. The van der Waals surface area contributed by atoms with Crippen LogP contribution in [0, 0.1) is 0 Å². The summed E-state index contributed by atoms with van der Waals surface area (Å²) in [6, 6.07) is 29.0. The van der Waals surface area contributed by atoms with Crippen molar-refractivity contribution in [2.75, 3.05) is 40.0 Å². The quantitative estimate of drug-likeness (QED) is 0.218. The second-order valence-corrected chi connectivity index (χ2v) is 15.5. The van der Waals surface area contributed by atoms with Gasteiger partial charge in [-0.15, -0.1) is 0 Å². The number of hydrogen-bond acceptors (Lipinski definition) is 5. The highest BCUT2D eigenvalue weighted by atomic mass is 32.2. The van der Waals surface area contributed by atoms with Crippen LogP contribution in [0.3, 0.4) is 0 Å². The Balaban J connectivity index is 0.000000162. The largest absolute Gasteiger partial charge is 0.365 e. The Kier molecular flexibility index (Phi) is 10.6. The zero-order valence-electron chi connectivity index (χ0n) is 27.6. The third-order valence-electron chi connectivity index (χ3n) is 10.5. The van der Waals surface area contributed by atoms with Gasteiger partial charge in [0, 0.05) is 29.2 Å². The van der Waals surface area contributed by atoms with Gasteiger partial charge < -0.3 is 19.5 Å². The molecule has 3 aromatic carbocycles. The molecule has 2 N–H and O–H groups in total. The first-order valence-corrected chi connectivity index (χ1v) is 18.6. The van der Waals surface area contributed by atoms with Gasteiger partial charge in [-0.2, -0.15) is 0 Å². The SMILES string of the molecule is CN1[C@@H]2CC[C@H]1C[C@@H](OC(c1ccccc1)c1ccccc1)C2.CNS(=O)(=O)CCc1ccc2[nH]cc(C3CCN(C)CC3)c2c1. The highest BCUT2D eigenvalue weighted by molar-refractivity contribution is 7.89. The van der Waals surface area contributed by atoms with E-state index in [0.717, 1.165) is 24.2 Å². The Bertz CT molecular complexity index is 1600. The molecule has 3 aliphatic rings. The lowest BCUT2D eigenvalue weighted by Gasteiger charge is -2.38. The van der Waals surface area contributed by atoms with E-state index in [9.17, 15) is 8.42 Å². The van der Waals surface area contributed by atoms with Crippen LogP contribution in [0.5, 0.6) is 0 Å². The highest BCUT2D eigenvalue weighted by Crippen LogP contribution is 2.39. The molecular weight excluding hydrogens is 593 g/mol. The minimum Gasteiger partial charge on any atom is -0.365 e. The van der Waals surface area contributed by atoms with Gasteiger partial charge in [0.1, 0.15) is 6.10 Å². The van der Waals surface area contributed by atoms with Crippen LogP contribution in [-0.4, -0.2) is 81.4 Å². The van der Waals surface area contributed by atoms with Gasteiger partial charge in [0.25, 0.3) is 0 Å². The number of ether oxygens (including phenoxy) is 1. The highest BCUT2D eigenvalue weighted by Gasteiger charge is 2.39. The van der Waals surface area contributed by atoms with Gasteiger partial charge in [-0.3, -0.25) is 0 Å². The lowest BCUT2D eigenvalue weighted by Crippen LogP contribution is -2.43. The third kappa shape index (κ3) is 7.92. The van der Waals surface area contributed by atoms with Gasteiger partial charge >= 0.3 is 0 Å². The van der Waals surface area contributed by atoms with E-state index in [-0.39, 0.29) is 11.9 Å². The number of hydrogen-bond donors (Lipinski definition) is 2. The van der Waals surface area contributed by atoms with Crippen LogP contribution in [0.1, 0.15) is 72.8 Å². The second kappa shape index (κ2) is 14.8. The molecule has 0 amide bonds. The number of aromatic nitrogens is 1. The van der Waals surface area contributed by atoms with E-state index >= 15 is 0 Å². The van der Waals surface area contributed by atoms with Crippen LogP contribution < -0.4 is 4.72 Å². The molecule has 246 valence electrons. The number of benzene rings is 3. The van der Waals surface area contributed by atoms with Crippen molar-refractivity contribution in [3.05, 3.63) is 107 Å². The molecule has 2 bridgehead atoms. The molecule has 7 nitrogen and oxygen atoms in total. The predicted molar refractivity (Wildman–Crippen MR) is 188 cm³/mol. The molecule has 3 fully saturated rings. The van der Waals surface area contributed by atoms with E-state index in [4.69, 9.17) is 4.74 Å². The Morgan fingerprint density at radius 3 is 2.07 bits per heavy atom. The van der Waals surface area contributed by atoms with Crippen LogP contribution in [-0.2, 0) is 21.2 Å². The van der Waals surface area contributed by atoms with E-state index in [1.807, 2.05) is 6.07 Å². The molecule has 7 rings (SSSR count). The summed E-state index contributed by atoms with van der Waals surface area (Å²) in [5.41, 5.74) is 6.10. The topological polar surface area (TPSA) is 77.7 Å². The fourth-order valence-electron chi connectivity index (χ4n) is 7.63. The minimum atomic E-state index is -3.16. The zero-order valence-corrected chi connectivity index (χ0v) is 28.4. The molecule has 3 atom stereocenters. The average Bonchev–Trinajstić information content (AvgIpc) is 3.58. The summed E-state index contributed by atoms with van der Waals surface area (Å²) in [6.07, 6.45) is 10.5. The normalized spacial score (nSPS) is 22.7. The number of piperidine rings is 2. The average molecular weight is 643 g/mol. The standard InChI is InChI=1S/C21H25NO.C17H25N3O2S/c1-22-18-12-13-19(22)15-20(14-18)23-21(16-8-4-2-5-9-16)17-10-6-3-7-11-17;1-18-23(21,22)10-7-13-3-4-17-15(11-13)16(12-19-17)14-5-8-20(2)9-6-14/h2-11,18-21H,12-15H2,1H3;3-4,11-12,14,18-19H,5-10H2,1-2H3/t18-,19+,20+;. The summed E-state index contributed by atoms with van der Waals surface area (Å²) in [5, 5.41) is 1.25. The molecule has 0 saturated carbocycles. The van der Waals surface area contributed by atoms with Gasteiger partial charge in [0.2, 0.25) is 10.0 Å². The van der Waals surface area contributed by atoms with Crippen molar-refractivity contribution in [2.24, 2.45) is 0 Å². The van der Waals surface area contributed by atoms with Crippen LogP contribution >= 0.6 is 0 Å². The van der Waals surface area contributed by atoms with Crippen molar-refractivity contribution >= 4 is 20.9 Å². The monoisotopic (exact) mass is 642 g/mol. The number of likely N-dealkylation sites (tertiary alicyclic amines) is 1. The number of H-pyrrole nitrogens is 1. The summed E-state index contributed by atoms with van der Waals surface area (Å²) >= 11 is 0. The number of aromatic amines is 1. The first-order valence-electron chi connectivity index (χ1n) is 17.0. The van der Waals surface area contributed by atoms with Gasteiger partial charge in [-0.05, 0) is 119 Å². The van der Waals surface area contributed by atoms with Crippen molar-refractivity contribution in [1.82, 2.24) is 19.5 Å². The van der Waals surface area contributed by atoms with E-state index in [1.165, 1.54) is 67.6 Å². The van der Waals surface area contributed by atoms with Crippen LogP contribution in [0.15, 0.2) is 85.1 Å². The van der Waals surface area contributed by atoms with E-state index in [0.29, 0.717) is 30.5 Å². The molecule has 8 heteroatoms. The molecule has 3 aliphatic heterocycles. The van der Waals surface area contributed by atoms with E-state index in [2.05, 4.69) is 113 Å². The predicted octanol–water partition coefficient (Wildman–Crippen LogP) is 6.49. The molecular formula is C38H50N4O3S. The van der Waals surface area contributed by atoms with E-state index < -0.39 is 10.0 Å². The maximum Gasteiger partial charge on any atom is 0.211 e. The lowest BCUT2D eigenvalue weighted by molar-refractivity contribution is -0.0426. The molecule has 4 aromatic rings. The fourth-order valence-corrected chi connectivity index (χ4v) is 8.34. The summed E-state index contributed by atoms with van der Waals surface area (Å²) < 4.78 is 32.3. The third-order valence-corrected chi connectivity index (χ3v) is 11.9. The summed E-state index contributed by atoms with van der Waals surface area (Å²) in [4.78, 5) is 8.31. The number of aryl methyl sites for hydroxylation is 1. The second-order valence-electron chi connectivity index (χ2n) is 13.5. The number of nitrogens with one attached hydrogen (secondary N) is 2. The summed E-state index contributed by atoms with van der Waals surface area (Å²) in [6.45, 7) is 2.27. The van der Waals surface area contributed by atoms with Crippen molar-refractivity contribution in [3.8, 4) is 0 Å². The molecule has 1 aromatic heterocycles. The fraction of sp³-hybridized carbons (Fsp3) is 0.474. The van der Waals surface area contributed by atoms with E-state index in [1.54, 1.807) is 0 Å². The molecule has 0 aliphatic carbocycles. The van der Waals surface area contributed by atoms with Crippen LogP contribution in [0.2, 0.25) is 0 Å². The number of sulfonamides is 1. The first-order chi connectivity index (χ1) is 22.3. The van der Waals surface area contributed by atoms with Crippen molar-refractivity contribution in [3.63, 3.8) is 0 Å². The molecule has 0 spiro atoms. The van der Waals surface area contributed by atoms with Crippen molar-refractivity contribution in [2.45, 2.75) is 75.2 Å². The van der Waals surface area contributed by atoms with Crippen molar-refractivity contribution in [1.29, 1.82) is 0 Å². The summed E-state index contributed by atoms with van der Waals surface area (Å²) in [5.74, 6) is 0.722. The smallest absolute Gasteiger partial charge is 0.211 e. The zero-order chi connectivity index (χ0) is 32.1. The Morgan fingerprint density at radius 2 is 1.48 bits per heavy atom. The van der Waals surface area contributed by atoms with Gasteiger partial charge in [-0.1, -0.05) is 66.7 Å². The minimum absolute atomic E-state index is 0.0465. The van der Waals surface area contributed by atoms with Crippen molar-refractivity contribution < 1.29 is 13.2 Å².